The molecule has 2 heterocycles. The number of para-hydroxylation sites is 1. The van der Waals surface area contributed by atoms with Gasteiger partial charge in [0.05, 0.1) is 11.1 Å². The van der Waals surface area contributed by atoms with Crippen LogP contribution < -0.4 is 10.2 Å². The number of pyridine rings is 1. The van der Waals surface area contributed by atoms with Gasteiger partial charge in [-0.05, 0) is 68.6 Å². The zero-order valence-electron chi connectivity index (χ0n) is 18.9. The second-order valence-electron chi connectivity index (χ2n) is 8.52. The molecule has 0 atom stereocenters. The Balaban J connectivity index is 1.17. The normalized spacial score (nSPS) is 14.7. The number of aromatic nitrogens is 1. The van der Waals surface area contributed by atoms with Gasteiger partial charge >= 0.3 is 0 Å². The smallest absolute Gasteiger partial charge is 0.252 e. The lowest BCUT2D eigenvalue weighted by atomic mass is 10.1. The molecule has 0 spiro atoms. The van der Waals surface area contributed by atoms with Crippen molar-refractivity contribution in [2.45, 2.75) is 26.7 Å². The van der Waals surface area contributed by atoms with Crippen molar-refractivity contribution >= 4 is 38.4 Å². The molecule has 4 rings (SSSR count). The number of nitrogens with one attached hydrogen (secondary N) is 1. The molecule has 1 aliphatic rings. The molecule has 0 aliphatic carbocycles. The van der Waals surface area contributed by atoms with Gasteiger partial charge in [-0.2, -0.15) is 0 Å². The number of unbranched alkanes of at least 4 members (excludes halogenated alkanes) is 1. The van der Waals surface area contributed by atoms with E-state index in [-0.39, 0.29) is 5.91 Å². The first-order valence-corrected chi connectivity index (χ1v) is 12.2. The SMILES string of the molecule is Cc1c(Br)ccc(N2CCN(CCCCNC(=O)c3cnc4ccccc4c3)CC2)c1C. The average Bonchev–Trinajstić information content (AvgIpc) is 2.82. The summed E-state index contributed by atoms with van der Waals surface area (Å²) in [6.07, 6.45) is 3.73. The third-order valence-electron chi connectivity index (χ3n) is 6.44. The van der Waals surface area contributed by atoms with Gasteiger partial charge in [-0.3, -0.25) is 14.7 Å². The van der Waals surface area contributed by atoms with Crippen LogP contribution in [-0.4, -0.2) is 55.1 Å². The van der Waals surface area contributed by atoms with Gasteiger partial charge < -0.3 is 10.2 Å². The summed E-state index contributed by atoms with van der Waals surface area (Å²) in [5.74, 6) is -0.0444. The number of amides is 1. The molecule has 0 saturated carbocycles. The van der Waals surface area contributed by atoms with Crippen LogP contribution in [0.5, 0.6) is 0 Å². The standard InChI is InChI=1S/C26H31BrN4O/c1-19-20(2)25(10-9-23(19)27)31-15-13-30(14-16-31)12-6-5-11-28-26(32)22-17-21-7-3-4-8-24(21)29-18-22/h3-4,7-10,17-18H,5-6,11-16H2,1-2H3,(H,28,32). The zero-order chi connectivity index (χ0) is 22.5. The summed E-state index contributed by atoms with van der Waals surface area (Å²) in [5, 5.41) is 4.03. The van der Waals surface area contributed by atoms with Crippen LogP contribution >= 0.6 is 15.9 Å². The van der Waals surface area contributed by atoms with Crippen LogP contribution in [0, 0.1) is 13.8 Å². The van der Waals surface area contributed by atoms with E-state index < -0.39 is 0 Å². The van der Waals surface area contributed by atoms with Crippen LogP contribution in [0.4, 0.5) is 5.69 Å². The molecule has 1 N–H and O–H groups in total. The molecule has 1 amide bonds. The summed E-state index contributed by atoms with van der Waals surface area (Å²) in [6, 6.07) is 14.2. The van der Waals surface area contributed by atoms with Crippen molar-refractivity contribution in [2.75, 3.05) is 44.2 Å². The number of anilines is 1. The number of hydrogen-bond acceptors (Lipinski definition) is 4. The fraction of sp³-hybridized carbons (Fsp3) is 0.385. The van der Waals surface area contributed by atoms with E-state index in [2.05, 4.69) is 62.0 Å². The van der Waals surface area contributed by atoms with Crippen molar-refractivity contribution in [3.63, 3.8) is 0 Å². The summed E-state index contributed by atoms with van der Waals surface area (Å²) in [5.41, 5.74) is 5.58. The maximum atomic E-state index is 12.4. The van der Waals surface area contributed by atoms with Gasteiger partial charge in [0, 0.05) is 54.5 Å². The number of halogens is 1. The molecule has 3 aromatic rings. The van der Waals surface area contributed by atoms with Crippen LogP contribution in [0.3, 0.4) is 0 Å². The van der Waals surface area contributed by atoms with E-state index >= 15 is 0 Å². The first kappa shape index (κ1) is 22.7. The Morgan fingerprint density at radius 3 is 2.62 bits per heavy atom. The van der Waals surface area contributed by atoms with E-state index in [9.17, 15) is 4.79 Å². The number of nitrogens with zero attached hydrogens (tertiary/aromatic N) is 3. The van der Waals surface area contributed by atoms with Crippen molar-refractivity contribution in [1.29, 1.82) is 0 Å². The number of hydrogen-bond donors (Lipinski definition) is 1. The molecule has 0 bridgehead atoms. The molecule has 32 heavy (non-hydrogen) atoms. The summed E-state index contributed by atoms with van der Waals surface area (Å²) < 4.78 is 1.18. The maximum Gasteiger partial charge on any atom is 0.252 e. The molecule has 0 unspecified atom stereocenters. The summed E-state index contributed by atoms with van der Waals surface area (Å²) in [4.78, 5) is 21.8. The minimum atomic E-state index is -0.0444. The summed E-state index contributed by atoms with van der Waals surface area (Å²) >= 11 is 3.63. The molecule has 1 saturated heterocycles. The Morgan fingerprint density at radius 1 is 1.03 bits per heavy atom. The molecule has 6 heteroatoms. The van der Waals surface area contributed by atoms with Crippen molar-refractivity contribution in [3.8, 4) is 0 Å². The zero-order valence-corrected chi connectivity index (χ0v) is 20.5. The van der Waals surface area contributed by atoms with Crippen LogP contribution in [0.2, 0.25) is 0 Å². The lowest BCUT2D eigenvalue weighted by Crippen LogP contribution is -2.47. The predicted octanol–water partition coefficient (Wildman–Crippen LogP) is 4.95. The van der Waals surface area contributed by atoms with E-state index in [1.54, 1.807) is 6.20 Å². The Hall–Kier alpha value is -2.44. The lowest BCUT2D eigenvalue weighted by molar-refractivity contribution is 0.0952. The molecule has 1 aliphatic heterocycles. The van der Waals surface area contributed by atoms with Crippen molar-refractivity contribution in [3.05, 3.63) is 69.8 Å². The van der Waals surface area contributed by atoms with Crippen LogP contribution in [-0.2, 0) is 0 Å². The molecular weight excluding hydrogens is 464 g/mol. The van der Waals surface area contributed by atoms with Gasteiger partial charge in [-0.15, -0.1) is 0 Å². The van der Waals surface area contributed by atoms with Crippen molar-refractivity contribution in [2.24, 2.45) is 0 Å². The minimum absolute atomic E-state index is 0.0444. The van der Waals surface area contributed by atoms with Gasteiger partial charge in [-0.1, -0.05) is 34.1 Å². The van der Waals surface area contributed by atoms with Crippen molar-refractivity contribution < 1.29 is 4.79 Å². The number of fused-ring (bicyclic) bond motifs is 1. The van der Waals surface area contributed by atoms with E-state index in [4.69, 9.17) is 0 Å². The second-order valence-corrected chi connectivity index (χ2v) is 9.38. The van der Waals surface area contributed by atoms with Crippen molar-refractivity contribution in [1.82, 2.24) is 15.2 Å². The highest BCUT2D eigenvalue weighted by Gasteiger charge is 2.19. The number of carbonyl (C=O) groups is 1. The second kappa shape index (κ2) is 10.5. The Labute approximate surface area is 198 Å². The molecule has 1 aromatic heterocycles. The van der Waals surface area contributed by atoms with E-state index in [1.165, 1.54) is 21.3 Å². The molecule has 168 valence electrons. The largest absolute Gasteiger partial charge is 0.369 e. The summed E-state index contributed by atoms with van der Waals surface area (Å²) in [7, 11) is 0. The Bertz CT molecular complexity index is 1090. The van der Waals surface area contributed by atoms with Crippen LogP contribution in [0.25, 0.3) is 10.9 Å². The average molecular weight is 495 g/mol. The highest BCUT2D eigenvalue weighted by Crippen LogP contribution is 2.29. The summed E-state index contributed by atoms with van der Waals surface area (Å²) in [6.45, 7) is 10.5. The monoisotopic (exact) mass is 494 g/mol. The van der Waals surface area contributed by atoms with E-state index in [1.807, 2.05) is 30.3 Å². The topological polar surface area (TPSA) is 48.5 Å². The molecule has 2 aromatic carbocycles. The van der Waals surface area contributed by atoms with Gasteiger partial charge in [0.2, 0.25) is 0 Å². The first-order valence-electron chi connectivity index (χ1n) is 11.4. The minimum Gasteiger partial charge on any atom is -0.369 e. The number of piperazine rings is 1. The number of carbonyl (C=O) groups excluding carboxylic acids is 1. The fourth-order valence-corrected chi connectivity index (χ4v) is 4.72. The first-order chi connectivity index (χ1) is 15.5. The van der Waals surface area contributed by atoms with E-state index in [0.29, 0.717) is 12.1 Å². The highest BCUT2D eigenvalue weighted by atomic mass is 79.9. The maximum absolute atomic E-state index is 12.4. The van der Waals surface area contributed by atoms with Gasteiger partial charge in [0.15, 0.2) is 0 Å². The molecule has 5 nitrogen and oxygen atoms in total. The number of benzene rings is 2. The lowest BCUT2D eigenvalue weighted by Gasteiger charge is -2.37. The van der Waals surface area contributed by atoms with Gasteiger partial charge in [0.1, 0.15) is 0 Å². The Kier molecular flexibility index (Phi) is 7.43. The molecule has 1 fully saturated rings. The van der Waals surface area contributed by atoms with Gasteiger partial charge in [0.25, 0.3) is 5.91 Å². The van der Waals surface area contributed by atoms with E-state index in [0.717, 1.165) is 56.5 Å². The third kappa shape index (κ3) is 5.30. The van der Waals surface area contributed by atoms with Crippen LogP contribution in [0.15, 0.2) is 53.1 Å². The fourth-order valence-electron chi connectivity index (χ4n) is 4.29. The van der Waals surface area contributed by atoms with Gasteiger partial charge in [-0.25, -0.2) is 0 Å². The molecular formula is C26H31BrN4O. The third-order valence-corrected chi connectivity index (χ3v) is 7.30. The Morgan fingerprint density at radius 2 is 1.81 bits per heavy atom. The molecule has 0 radical (unpaired) electrons. The predicted molar refractivity (Wildman–Crippen MR) is 136 cm³/mol. The quantitative estimate of drug-likeness (QED) is 0.472. The number of rotatable bonds is 7. The van der Waals surface area contributed by atoms with Crippen LogP contribution in [0.1, 0.15) is 34.3 Å². The highest BCUT2D eigenvalue weighted by molar-refractivity contribution is 9.10.